The fourth-order valence-electron chi connectivity index (χ4n) is 3.33. The average Bonchev–Trinajstić information content (AvgIpc) is 3.12. The van der Waals surface area contributed by atoms with E-state index in [1.165, 1.54) is 4.52 Å². The van der Waals surface area contributed by atoms with Gasteiger partial charge in [-0.05, 0) is 25.6 Å². The Bertz CT molecular complexity index is 952. The topological polar surface area (TPSA) is 81.6 Å². The Morgan fingerprint density at radius 1 is 1.10 bits per heavy atom. The number of H-pyrrole nitrogens is 1. The van der Waals surface area contributed by atoms with Crippen molar-refractivity contribution in [1.29, 1.82) is 0 Å². The van der Waals surface area contributed by atoms with Crippen molar-refractivity contribution in [2.45, 2.75) is 6.42 Å². The highest BCUT2D eigenvalue weighted by Crippen LogP contribution is 2.14. The molecule has 8 nitrogen and oxygen atoms in total. The van der Waals surface area contributed by atoms with E-state index in [9.17, 15) is 4.79 Å². The van der Waals surface area contributed by atoms with E-state index in [1.54, 1.807) is 6.20 Å². The number of aromatic nitrogens is 4. The molecular weight excluding hydrogens is 413 g/mol. The Labute approximate surface area is 182 Å². The quantitative estimate of drug-likeness (QED) is 0.571. The minimum atomic E-state index is -0.149. The highest BCUT2D eigenvalue weighted by molar-refractivity contribution is 5.85. The van der Waals surface area contributed by atoms with Crippen molar-refractivity contribution in [2.75, 3.05) is 51.6 Å². The highest BCUT2D eigenvalue weighted by Gasteiger charge is 2.13. The van der Waals surface area contributed by atoms with Crippen molar-refractivity contribution in [3.63, 3.8) is 0 Å². The molecule has 1 saturated heterocycles. The van der Waals surface area contributed by atoms with E-state index in [0.717, 1.165) is 51.3 Å². The predicted molar refractivity (Wildman–Crippen MR) is 121 cm³/mol. The maximum absolute atomic E-state index is 12.7. The lowest BCUT2D eigenvalue weighted by Gasteiger charge is -2.32. The summed E-state index contributed by atoms with van der Waals surface area (Å²) in [6.07, 6.45) is 2.61. The van der Waals surface area contributed by atoms with Gasteiger partial charge in [0.2, 0.25) is 5.95 Å². The number of likely N-dealkylation sites (N-methyl/N-ethyl adjacent to an activating group) is 1. The van der Waals surface area contributed by atoms with E-state index < -0.39 is 0 Å². The van der Waals surface area contributed by atoms with Crippen LogP contribution in [0, 0.1) is 0 Å². The molecule has 3 heterocycles. The van der Waals surface area contributed by atoms with Crippen molar-refractivity contribution >= 4 is 36.5 Å². The zero-order valence-electron chi connectivity index (χ0n) is 16.4. The summed E-state index contributed by atoms with van der Waals surface area (Å²) in [6.45, 7) is 6.39. The molecule has 4 rings (SSSR count). The van der Waals surface area contributed by atoms with Gasteiger partial charge in [0.15, 0.2) is 0 Å². The molecule has 1 aliphatic heterocycles. The largest absolute Gasteiger partial charge is 0.355 e. The van der Waals surface area contributed by atoms with Gasteiger partial charge in [0.1, 0.15) is 0 Å². The molecule has 0 amide bonds. The first kappa shape index (κ1) is 23.2. The SMILES string of the molecule is CN1CCN(CCCNc2nc3ncc(-c4ccccc4)c(=O)n3[nH]2)CC1.Cl.Cl. The highest BCUT2D eigenvalue weighted by atomic mass is 35.5. The predicted octanol–water partition coefficient (Wildman–Crippen LogP) is 1.98. The van der Waals surface area contributed by atoms with Gasteiger partial charge in [-0.2, -0.15) is 9.50 Å². The minimum Gasteiger partial charge on any atom is -0.355 e. The third kappa shape index (κ3) is 5.48. The van der Waals surface area contributed by atoms with Crippen LogP contribution < -0.4 is 10.9 Å². The van der Waals surface area contributed by atoms with Crippen LogP contribution in [0.3, 0.4) is 0 Å². The third-order valence-electron chi connectivity index (χ3n) is 5.00. The number of rotatable bonds is 6. The van der Waals surface area contributed by atoms with Crippen molar-refractivity contribution in [1.82, 2.24) is 29.4 Å². The molecule has 3 aromatic rings. The number of hydrogen-bond acceptors (Lipinski definition) is 6. The normalized spacial score (nSPS) is 14.9. The second-order valence-corrected chi connectivity index (χ2v) is 6.98. The van der Waals surface area contributed by atoms with Gasteiger partial charge in [-0.3, -0.25) is 9.89 Å². The molecule has 2 N–H and O–H groups in total. The molecule has 2 aromatic heterocycles. The molecular formula is C19H27Cl2N7O. The number of nitrogens with one attached hydrogen (secondary N) is 2. The summed E-state index contributed by atoms with van der Waals surface area (Å²) in [5.74, 6) is 0.949. The first-order valence-corrected chi connectivity index (χ1v) is 9.39. The fourth-order valence-corrected chi connectivity index (χ4v) is 3.33. The smallest absolute Gasteiger partial charge is 0.281 e. The Morgan fingerprint density at radius 2 is 1.83 bits per heavy atom. The number of nitrogens with zero attached hydrogens (tertiary/aromatic N) is 5. The van der Waals surface area contributed by atoms with Crippen molar-refractivity contribution < 1.29 is 0 Å². The van der Waals surface area contributed by atoms with Gasteiger partial charge in [0.05, 0.1) is 5.56 Å². The molecule has 1 aromatic carbocycles. The Balaban J connectivity index is 0.00000150. The molecule has 1 fully saturated rings. The number of anilines is 1. The second kappa shape index (κ2) is 10.6. The van der Waals surface area contributed by atoms with Gasteiger partial charge in [-0.25, -0.2) is 4.98 Å². The first-order chi connectivity index (χ1) is 13.2. The fraction of sp³-hybridized carbons (Fsp3) is 0.421. The number of piperazine rings is 1. The summed E-state index contributed by atoms with van der Waals surface area (Å²) in [7, 11) is 2.17. The maximum Gasteiger partial charge on any atom is 0.281 e. The van der Waals surface area contributed by atoms with Crippen LogP contribution in [0.4, 0.5) is 5.95 Å². The number of hydrogen-bond donors (Lipinski definition) is 2. The molecule has 158 valence electrons. The van der Waals surface area contributed by atoms with Crippen LogP contribution in [0.1, 0.15) is 6.42 Å². The lowest BCUT2D eigenvalue weighted by molar-refractivity contribution is 0.154. The van der Waals surface area contributed by atoms with Crippen molar-refractivity contribution in [3.05, 3.63) is 46.9 Å². The Morgan fingerprint density at radius 3 is 2.55 bits per heavy atom. The van der Waals surface area contributed by atoms with Crippen molar-refractivity contribution in [2.24, 2.45) is 0 Å². The Kier molecular flexibility index (Phi) is 8.45. The zero-order chi connectivity index (χ0) is 18.6. The van der Waals surface area contributed by atoms with Crippen LogP contribution in [0.5, 0.6) is 0 Å². The molecule has 0 aliphatic carbocycles. The average molecular weight is 440 g/mol. The molecule has 0 atom stereocenters. The molecule has 0 unspecified atom stereocenters. The summed E-state index contributed by atoms with van der Waals surface area (Å²) in [6, 6.07) is 9.54. The summed E-state index contributed by atoms with van der Waals surface area (Å²) in [5, 5.41) is 6.28. The van der Waals surface area contributed by atoms with Gasteiger partial charge >= 0.3 is 0 Å². The van der Waals surface area contributed by atoms with E-state index in [0.29, 0.717) is 17.3 Å². The minimum absolute atomic E-state index is 0. The van der Waals surface area contributed by atoms with Crippen LogP contribution in [-0.4, -0.2) is 75.7 Å². The third-order valence-corrected chi connectivity index (χ3v) is 5.00. The maximum atomic E-state index is 12.7. The van der Waals surface area contributed by atoms with Gasteiger partial charge in [0.25, 0.3) is 11.3 Å². The summed E-state index contributed by atoms with van der Waals surface area (Å²) in [4.78, 5) is 26.2. The van der Waals surface area contributed by atoms with Crippen molar-refractivity contribution in [3.8, 4) is 11.1 Å². The van der Waals surface area contributed by atoms with Crippen LogP contribution in [0.15, 0.2) is 41.3 Å². The van der Waals surface area contributed by atoms with E-state index >= 15 is 0 Å². The van der Waals surface area contributed by atoms with Crippen LogP contribution >= 0.6 is 24.8 Å². The summed E-state index contributed by atoms with van der Waals surface area (Å²) in [5.41, 5.74) is 1.25. The molecule has 0 spiro atoms. The zero-order valence-corrected chi connectivity index (χ0v) is 18.0. The van der Waals surface area contributed by atoms with Gasteiger partial charge < -0.3 is 15.1 Å². The number of fused-ring (bicyclic) bond motifs is 1. The van der Waals surface area contributed by atoms with Crippen LogP contribution in [0.2, 0.25) is 0 Å². The van der Waals surface area contributed by atoms with Gasteiger partial charge in [-0.15, -0.1) is 24.8 Å². The monoisotopic (exact) mass is 439 g/mol. The van der Waals surface area contributed by atoms with E-state index in [4.69, 9.17) is 0 Å². The molecule has 0 bridgehead atoms. The molecule has 1 aliphatic rings. The van der Waals surface area contributed by atoms with Gasteiger partial charge in [-0.1, -0.05) is 30.3 Å². The second-order valence-electron chi connectivity index (χ2n) is 6.98. The number of halogens is 2. The number of aromatic amines is 1. The van der Waals surface area contributed by atoms with Gasteiger partial charge in [0, 0.05) is 38.9 Å². The molecule has 0 radical (unpaired) electrons. The Hall–Kier alpha value is -2.13. The summed E-state index contributed by atoms with van der Waals surface area (Å²) < 4.78 is 1.39. The van der Waals surface area contributed by atoms with Crippen LogP contribution in [-0.2, 0) is 0 Å². The molecule has 29 heavy (non-hydrogen) atoms. The van der Waals surface area contributed by atoms with E-state index in [-0.39, 0.29) is 30.4 Å². The molecule has 10 heteroatoms. The van der Waals surface area contributed by atoms with E-state index in [2.05, 4.69) is 37.2 Å². The lowest BCUT2D eigenvalue weighted by atomic mass is 10.1. The lowest BCUT2D eigenvalue weighted by Crippen LogP contribution is -2.44. The van der Waals surface area contributed by atoms with Crippen LogP contribution in [0.25, 0.3) is 16.9 Å². The summed E-state index contributed by atoms with van der Waals surface area (Å²) >= 11 is 0. The standard InChI is InChI=1S/C19H25N7O.2ClH/c1-24-10-12-25(13-11-24)9-5-8-20-18-22-19-21-14-16(17(27)26(19)23-18)15-6-3-2-4-7-15;;/h2-4,6-7,14H,5,8-13H2,1H3,(H2,20,21,22,23);2*1H. The van der Waals surface area contributed by atoms with E-state index in [1.807, 2.05) is 30.3 Å². The number of benzene rings is 1. The molecule has 0 saturated carbocycles. The first-order valence-electron chi connectivity index (χ1n) is 9.39.